The second-order valence-electron chi connectivity index (χ2n) is 6.99. The number of amides is 1. The van der Waals surface area contributed by atoms with Crippen molar-refractivity contribution in [1.29, 1.82) is 0 Å². The van der Waals surface area contributed by atoms with Crippen molar-refractivity contribution in [3.8, 4) is 0 Å². The number of carbonyl (C=O) groups is 1. The quantitative estimate of drug-likeness (QED) is 0.788. The van der Waals surface area contributed by atoms with Crippen LogP contribution >= 0.6 is 23.2 Å². The van der Waals surface area contributed by atoms with E-state index in [0.717, 1.165) is 43.3 Å². The number of hydrogen-bond acceptors (Lipinski definition) is 3. The molecule has 1 amide bonds. The lowest BCUT2D eigenvalue weighted by Gasteiger charge is -2.34. The molecule has 0 aromatic heterocycles. The normalized spacial score (nSPS) is 16.9. The predicted molar refractivity (Wildman–Crippen MR) is 111 cm³/mol. The summed E-state index contributed by atoms with van der Waals surface area (Å²) in [5, 5.41) is 4.50. The Balaban J connectivity index is 1.42. The van der Waals surface area contributed by atoms with Crippen LogP contribution in [0, 0.1) is 0 Å². The number of nitrogens with one attached hydrogen (secondary N) is 1. The molecule has 1 aliphatic heterocycles. The Labute approximate surface area is 171 Å². The summed E-state index contributed by atoms with van der Waals surface area (Å²) in [6.07, 6.45) is 0. The standard InChI is InChI=1S/C21H25Cl2N3O/c1-16(19-4-2-3-5-20(19)23)24-21(27)15-26-12-10-25(11-13-26)14-17-6-8-18(22)9-7-17/h2-9,16H,10-15H2,1H3,(H,24,27)/t16-/m1/s1. The molecule has 0 unspecified atom stereocenters. The van der Waals surface area contributed by atoms with Gasteiger partial charge < -0.3 is 5.32 Å². The fourth-order valence-corrected chi connectivity index (χ4v) is 3.77. The minimum absolute atomic E-state index is 0.0357. The molecule has 0 radical (unpaired) electrons. The molecule has 144 valence electrons. The summed E-state index contributed by atoms with van der Waals surface area (Å²) in [6.45, 7) is 6.99. The number of nitrogens with zero attached hydrogens (tertiary/aromatic N) is 2. The van der Waals surface area contributed by atoms with E-state index in [4.69, 9.17) is 23.2 Å². The number of hydrogen-bond donors (Lipinski definition) is 1. The van der Waals surface area contributed by atoms with Gasteiger partial charge in [0.1, 0.15) is 0 Å². The van der Waals surface area contributed by atoms with Crippen LogP contribution in [0.2, 0.25) is 10.0 Å². The summed E-state index contributed by atoms with van der Waals surface area (Å²) in [4.78, 5) is 17.0. The van der Waals surface area contributed by atoms with Gasteiger partial charge in [0.2, 0.25) is 5.91 Å². The number of piperazine rings is 1. The third-order valence-corrected chi connectivity index (χ3v) is 5.50. The zero-order chi connectivity index (χ0) is 19.2. The molecule has 2 aromatic carbocycles. The molecule has 1 atom stereocenters. The molecule has 3 rings (SSSR count). The van der Waals surface area contributed by atoms with Crippen LogP contribution in [0.15, 0.2) is 48.5 Å². The van der Waals surface area contributed by atoms with E-state index in [1.54, 1.807) is 0 Å². The van der Waals surface area contributed by atoms with Gasteiger partial charge in [0, 0.05) is 42.8 Å². The third-order valence-electron chi connectivity index (χ3n) is 4.90. The van der Waals surface area contributed by atoms with Crippen LogP contribution in [0.3, 0.4) is 0 Å². The molecule has 1 aliphatic rings. The van der Waals surface area contributed by atoms with Gasteiger partial charge in [-0.15, -0.1) is 0 Å². The maximum atomic E-state index is 12.4. The van der Waals surface area contributed by atoms with E-state index >= 15 is 0 Å². The molecule has 6 heteroatoms. The summed E-state index contributed by atoms with van der Waals surface area (Å²) >= 11 is 12.2. The number of rotatable bonds is 6. The molecule has 0 aliphatic carbocycles. The van der Waals surface area contributed by atoms with Gasteiger partial charge in [-0.25, -0.2) is 0 Å². The van der Waals surface area contributed by atoms with Crippen LogP contribution in [-0.4, -0.2) is 48.4 Å². The lowest BCUT2D eigenvalue weighted by atomic mass is 10.1. The van der Waals surface area contributed by atoms with Gasteiger partial charge in [-0.05, 0) is 36.2 Å². The Morgan fingerprint density at radius 3 is 2.30 bits per heavy atom. The Morgan fingerprint density at radius 1 is 1.00 bits per heavy atom. The van der Waals surface area contributed by atoms with Crippen molar-refractivity contribution in [2.45, 2.75) is 19.5 Å². The topological polar surface area (TPSA) is 35.6 Å². The van der Waals surface area contributed by atoms with Crippen LogP contribution in [0.5, 0.6) is 0 Å². The van der Waals surface area contributed by atoms with Gasteiger partial charge in [-0.1, -0.05) is 53.5 Å². The first kappa shape index (κ1) is 20.2. The number of benzene rings is 2. The minimum Gasteiger partial charge on any atom is -0.348 e. The van der Waals surface area contributed by atoms with Crippen molar-refractivity contribution in [2.24, 2.45) is 0 Å². The van der Waals surface area contributed by atoms with Crippen LogP contribution < -0.4 is 5.32 Å². The van der Waals surface area contributed by atoms with E-state index in [1.165, 1.54) is 5.56 Å². The Morgan fingerprint density at radius 2 is 1.63 bits per heavy atom. The van der Waals surface area contributed by atoms with Crippen molar-refractivity contribution in [2.75, 3.05) is 32.7 Å². The SMILES string of the molecule is C[C@@H](NC(=O)CN1CCN(Cc2ccc(Cl)cc2)CC1)c1ccccc1Cl. The molecule has 1 fully saturated rings. The Hall–Kier alpha value is -1.59. The van der Waals surface area contributed by atoms with Gasteiger partial charge in [0.15, 0.2) is 0 Å². The van der Waals surface area contributed by atoms with Crippen molar-refractivity contribution in [1.82, 2.24) is 15.1 Å². The Bertz CT molecular complexity index is 758. The highest BCUT2D eigenvalue weighted by molar-refractivity contribution is 6.31. The zero-order valence-electron chi connectivity index (χ0n) is 15.5. The summed E-state index contributed by atoms with van der Waals surface area (Å²) in [5.74, 6) is 0.0357. The molecule has 0 saturated carbocycles. The van der Waals surface area contributed by atoms with Crippen LogP contribution in [-0.2, 0) is 11.3 Å². The fraction of sp³-hybridized carbons (Fsp3) is 0.381. The second kappa shape index (κ2) is 9.56. The lowest BCUT2D eigenvalue weighted by Crippen LogP contribution is -2.49. The van der Waals surface area contributed by atoms with Crippen LogP contribution in [0.1, 0.15) is 24.1 Å². The van der Waals surface area contributed by atoms with E-state index in [9.17, 15) is 4.79 Å². The van der Waals surface area contributed by atoms with Gasteiger partial charge in [-0.2, -0.15) is 0 Å². The monoisotopic (exact) mass is 405 g/mol. The molecular formula is C21H25Cl2N3O. The molecule has 1 heterocycles. The lowest BCUT2D eigenvalue weighted by molar-refractivity contribution is -0.123. The minimum atomic E-state index is -0.0996. The van der Waals surface area contributed by atoms with E-state index in [2.05, 4.69) is 27.2 Å². The van der Waals surface area contributed by atoms with Gasteiger partial charge in [0.25, 0.3) is 0 Å². The second-order valence-corrected chi connectivity index (χ2v) is 7.83. The van der Waals surface area contributed by atoms with Crippen LogP contribution in [0.25, 0.3) is 0 Å². The van der Waals surface area contributed by atoms with Gasteiger partial charge in [0.05, 0.1) is 12.6 Å². The first-order valence-electron chi connectivity index (χ1n) is 9.24. The molecule has 27 heavy (non-hydrogen) atoms. The highest BCUT2D eigenvalue weighted by Crippen LogP contribution is 2.22. The average Bonchev–Trinajstić information content (AvgIpc) is 2.65. The van der Waals surface area contributed by atoms with Crippen molar-refractivity contribution < 1.29 is 4.79 Å². The summed E-state index contributed by atoms with van der Waals surface area (Å²) in [6, 6.07) is 15.5. The van der Waals surface area contributed by atoms with E-state index in [1.807, 2.05) is 43.3 Å². The summed E-state index contributed by atoms with van der Waals surface area (Å²) in [7, 11) is 0. The molecule has 0 bridgehead atoms. The number of carbonyl (C=O) groups excluding carboxylic acids is 1. The molecule has 2 aromatic rings. The molecule has 1 saturated heterocycles. The van der Waals surface area contributed by atoms with Gasteiger partial charge >= 0.3 is 0 Å². The maximum Gasteiger partial charge on any atom is 0.234 e. The molecule has 0 spiro atoms. The molecule has 1 N–H and O–H groups in total. The summed E-state index contributed by atoms with van der Waals surface area (Å²) in [5.41, 5.74) is 2.21. The number of halogens is 2. The summed E-state index contributed by atoms with van der Waals surface area (Å²) < 4.78 is 0. The third kappa shape index (κ3) is 5.94. The highest BCUT2D eigenvalue weighted by atomic mass is 35.5. The van der Waals surface area contributed by atoms with Crippen molar-refractivity contribution >= 4 is 29.1 Å². The van der Waals surface area contributed by atoms with Crippen molar-refractivity contribution in [3.63, 3.8) is 0 Å². The molecular weight excluding hydrogens is 381 g/mol. The van der Waals surface area contributed by atoms with E-state index in [-0.39, 0.29) is 11.9 Å². The van der Waals surface area contributed by atoms with Crippen LogP contribution in [0.4, 0.5) is 0 Å². The first-order chi connectivity index (χ1) is 13.0. The smallest absolute Gasteiger partial charge is 0.234 e. The highest BCUT2D eigenvalue weighted by Gasteiger charge is 2.20. The van der Waals surface area contributed by atoms with E-state index < -0.39 is 0 Å². The Kier molecular flexibility index (Phi) is 7.13. The van der Waals surface area contributed by atoms with Gasteiger partial charge in [-0.3, -0.25) is 14.6 Å². The predicted octanol–water partition coefficient (Wildman–Crippen LogP) is 3.99. The average molecular weight is 406 g/mol. The first-order valence-corrected chi connectivity index (χ1v) is 10.00. The molecule has 4 nitrogen and oxygen atoms in total. The van der Waals surface area contributed by atoms with E-state index in [0.29, 0.717) is 11.6 Å². The zero-order valence-corrected chi connectivity index (χ0v) is 17.0. The maximum absolute atomic E-state index is 12.4. The largest absolute Gasteiger partial charge is 0.348 e. The van der Waals surface area contributed by atoms with Crippen molar-refractivity contribution in [3.05, 3.63) is 69.7 Å². The fourth-order valence-electron chi connectivity index (χ4n) is 3.35.